The second-order valence-corrected chi connectivity index (χ2v) is 6.89. The third-order valence-electron chi connectivity index (χ3n) is 4.57. The first-order chi connectivity index (χ1) is 11.5. The molecule has 1 aliphatic heterocycles. The van der Waals surface area contributed by atoms with Gasteiger partial charge in [-0.3, -0.25) is 4.79 Å². The van der Waals surface area contributed by atoms with Gasteiger partial charge in [-0.15, -0.1) is 0 Å². The van der Waals surface area contributed by atoms with E-state index in [0.717, 1.165) is 18.7 Å². The van der Waals surface area contributed by atoms with Crippen molar-refractivity contribution in [1.82, 2.24) is 14.5 Å². The summed E-state index contributed by atoms with van der Waals surface area (Å²) in [6.45, 7) is 5.58. The molecule has 0 spiro atoms. The minimum Gasteiger partial charge on any atom is -0.339 e. The SMILES string of the molecule is CC(C)n1ccnc1C1CCN(C(=O)c2ccc(Cl)c(F)c2)CC1. The molecular formula is C18H21ClFN3O. The lowest BCUT2D eigenvalue weighted by atomic mass is 9.95. The number of hydrogen-bond acceptors (Lipinski definition) is 2. The second-order valence-electron chi connectivity index (χ2n) is 6.48. The summed E-state index contributed by atoms with van der Waals surface area (Å²) < 4.78 is 15.8. The normalized spacial score (nSPS) is 16.0. The van der Waals surface area contributed by atoms with Crippen LogP contribution in [0, 0.1) is 5.82 Å². The van der Waals surface area contributed by atoms with E-state index in [9.17, 15) is 9.18 Å². The van der Waals surface area contributed by atoms with Crippen molar-refractivity contribution in [3.05, 3.63) is 52.8 Å². The van der Waals surface area contributed by atoms with Gasteiger partial charge in [0.2, 0.25) is 0 Å². The number of benzene rings is 1. The van der Waals surface area contributed by atoms with Crippen LogP contribution >= 0.6 is 11.6 Å². The molecule has 1 aromatic heterocycles. The highest BCUT2D eigenvalue weighted by atomic mass is 35.5. The Morgan fingerprint density at radius 3 is 2.67 bits per heavy atom. The van der Waals surface area contributed by atoms with Crippen LogP contribution < -0.4 is 0 Å². The van der Waals surface area contributed by atoms with Crippen molar-refractivity contribution in [3.63, 3.8) is 0 Å². The second kappa shape index (κ2) is 6.93. The van der Waals surface area contributed by atoms with E-state index < -0.39 is 5.82 Å². The van der Waals surface area contributed by atoms with E-state index in [4.69, 9.17) is 11.6 Å². The Morgan fingerprint density at radius 1 is 1.33 bits per heavy atom. The van der Waals surface area contributed by atoms with E-state index in [2.05, 4.69) is 23.4 Å². The summed E-state index contributed by atoms with van der Waals surface area (Å²) in [5, 5.41) is 0.0331. The summed E-state index contributed by atoms with van der Waals surface area (Å²) in [5.74, 6) is 0.746. The Morgan fingerprint density at radius 2 is 2.04 bits per heavy atom. The number of halogens is 2. The van der Waals surface area contributed by atoms with Crippen molar-refractivity contribution in [2.24, 2.45) is 0 Å². The predicted octanol–water partition coefficient (Wildman–Crippen LogP) is 4.28. The molecule has 1 fully saturated rings. The Balaban J connectivity index is 1.67. The number of likely N-dealkylation sites (tertiary alicyclic amines) is 1. The Kier molecular flexibility index (Phi) is 4.90. The minimum atomic E-state index is -0.559. The predicted molar refractivity (Wildman–Crippen MR) is 91.9 cm³/mol. The Bertz CT molecular complexity index is 736. The standard InChI is InChI=1S/C18H21ClFN3O/c1-12(2)23-10-7-21-17(23)13-5-8-22(9-6-13)18(24)14-3-4-15(19)16(20)11-14/h3-4,7,10-13H,5-6,8-9H2,1-2H3. The average Bonchev–Trinajstić information content (AvgIpc) is 3.07. The number of carbonyl (C=O) groups is 1. The maximum absolute atomic E-state index is 13.6. The summed E-state index contributed by atoms with van der Waals surface area (Å²) in [6.07, 6.45) is 5.58. The summed E-state index contributed by atoms with van der Waals surface area (Å²) >= 11 is 5.68. The van der Waals surface area contributed by atoms with Crippen LogP contribution in [0.4, 0.5) is 4.39 Å². The van der Waals surface area contributed by atoms with Gasteiger partial charge in [0.05, 0.1) is 5.02 Å². The van der Waals surface area contributed by atoms with E-state index in [0.29, 0.717) is 30.6 Å². The molecule has 2 heterocycles. The summed E-state index contributed by atoms with van der Waals surface area (Å²) in [5.41, 5.74) is 0.346. The quantitative estimate of drug-likeness (QED) is 0.829. The first kappa shape index (κ1) is 17.0. The fourth-order valence-electron chi connectivity index (χ4n) is 3.23. The molecule has 4 nitrogen and oxygen atoms in total. The van der Waals surface area contributed by atoms with E-state index in [-0.39, 0.29) is 10.9 Å². The van der Waals surface area contributed by atoms with Gasteiger partial charge in [-0.1, -0.05) is 11.6 Å². The van der Waals surface area contributed by atoms with Crippen LogP contribution in [0.25, 0.3) is 0 Å². The van der Waals surface area contributed by atoms with Crippen LogP contribution in [-0.2, 0) is 0 Å². The average molecular weight is 350 g/mol. The fourth-order valence-corrected chi connectivity index (χ4v) is 3.35. The van der Waals surface area contributed by atoms with Crippen molar-refractivity contribution in [2.45, 2.75) is 38.6 Å². The minimum absolute atomic E-state index is 0.0331. The molecule has 0 atom stereocenters. The number of nitrogens with zero attached hydrogens (tertiary/aromatic N) is 3. The van der Waals surface area contributed by atoms with Gasteiger partial charge < -0.3 is 9.47 Å². The van der Waals surface area contributed by atoms with Crippen molar-refractivity contribution < 1.29 is 9.18 Å². The molecule has 0 radical (unpaired) electrons. The molecule has 1 aromatic carbocycles. The lowest BCUT2D eigenvalue weighted by Crippen LogP contribution is -2.38. The van der Waals surface area contributed by atoms with E-state index in [1.807, 2.05) is 12.4 Å². The molecule has 24 heavy (non-hydrogen) atoms. The van der Waals surface area contributed by atoms with Crippen LogP contribution in [0.3, 0.4) is 0 Å². The van der Waals surface area contributed by atoms with Gasteiger partial charge in [0.1, 0.15) is 11.6 Å². The van der Waals surface area contributed by atoms with Gasteiger partial charge in [0, 0.05) is 43.0 Å². The molecule has 1 saturated heterocycles. The molecule has 1 amide bonds. The maximum Gasteiger partial charge on any atom is 0.253 e. The van der Waals surface area contributed by atoms with Crippen molar-refractivity contribution in [1.29, 1.82) is 0 Å². The number of piperidine rings is 1. The first-order valence-corrected chi connectivity index (χ1v) is 8.62. The summed E-state index contributed by atoms with van der Waals surface area (Å²) in [6, 6.07) is 4.59. The highest BCUT2D eigenvalue weighted by Crippen LogP contribution is 2.29. The summed E-state index contributed by atoms with van der Waals surface area (Å²) in [4.78, 5) is 18.8. The van der Waals surface area contributed by atoms with Crippen molar-refractivity contribution in [2.75, 3.05) is 13.1 Å². The zero-order valence-electron chi connectivity index (χ0n) is 13.9. The molecule has 2 aromatic rings. The lowest BCUT2D eigenvalue weighted by Gasteiger charge is -2.32. The topological polar surface area (TPSA) is 38.1 Å². The molecule has 0 unspecified atom stereocenters. The van der Waals surface area contributed by atoms with Gasteiger partial charge >= 0.3 is 0 Å². The number of carbonyl (C=O) groups excluding carboxylic acids is 1. The Hall–Kier alpha value is -1.88. The van der Waals surface area contributed by atoms with Crippen molar-refractivity contribution >= 4 is 17.5 Å². The number of amides is 1. The molecule has 0 bridgehead atoms. The zero-order valence-corrected chi connectivity index (χ0v) is 14.6. The first-order valence-electron chi connectivity index (χ1n) is 8.24. The number of imidazole rings is 1. The van der Waals surface area contributed by atoms with Crippen LogP contribution in [-0.4, -0.2) is 33.4 Å². The third kappa shape index (κ3) is 3.31. The third-order valence-corrected chi connectivity index (χ3v) is 4.88. The van der Waals surface area contributed by atoms with Crippen LogP contribution in [0.15, 0.2) is 30.6 Å². The van der Waals surface area contributed by atoms with E-state index >= 15 is 0 Å². The van der Waals surface area contributed by atoms with Crippen LogP contribution in [0.1, 0.15) is 54.8 Å². The molecule has 128 valence electrons. The highest BCUT2D eigenvalue weighted by molar-refractivity contribution is 6.30. The monoisotopic (exact) mass is 349 g/mol. The van der Waals surface area contributed by atoms with Crippen molar-refractivity contribution in [3.8, 4) is 0 Å². The number of aromatic nitrogens is 2. The zero-order chi connectivity index (χ0) is 17.3. The largest absolute Gasteiger partial charge is 0.339 e. The fraction of sp³-hybridized carbons (Fsp3) is 0.444. The molecule has 0 saturated carbocycles. The lowest BCUT2D eigenvalue weighted by molar-refractivity contribution is 0.0709. The van der Waals surface area contributed by atoms with Gasteiger partial charge in [0.15, 0.2) is 0 Å². The van der Waals surface area contributed by atoms with Crippen LogP contribution in [0.5, 0.6) is 0 Å². The van der Waals surface area contributed by atoms with E-state index in [1.165, 1.54) is 12.1 Å². The molecule has 3 rings (SSSR count). The van der Waals surface area contributed by atoms with Gasteiger partial charge in [-0.05, 0) is 44.9 Å². The van der Waals surface area contributed by atoms with Gasteiger partial charge in [-0.25, -0.2) is 9.37 Å². The number of rotatable bonds is 3. The van der Waals surface area contributed by atoms with Gasteiger partial charge in [0.25, 0.3) is 5.91 Å². The Labute approximate surface area is 146 Å². The molecular weight excluding hydrogens is 329 g/mol. The summed E-state index contributed by atoms with van der Waals surface area (Å²) in [7, 11) is 0. The number of hydrogen-bond donors (Lipinski definition) is 0. The van der Waals surface area contributed by atoms with Gasteiger partial charge in [-0.2, -0.15) is 0 Å². The van der Waals surface area contributed by atoms with Crippen LogP contribution in [0.2, 0.25) is 5.02 Å². The molecule has 0 aliphatic carbocycles. The maximum atomic E-state index is 13.6. The smallest absolute Gasteiger partial charge is 0.253 e. The molecule has 6 heteroatoms. The highest BCUT2D eigenvalue weighted by Gasteiger charge is 2.27. The molecule has 0 N–H and O–H groups in total. The molecule has 1 aliphatic rings. The van der Waals surface area contributed by atoms with E-state index in [1.54, 1.807) is 11.0 Å².